The summed E-state index contributed by atoms with van der Waals surface area (Å²) in [4.78, 5) is 9.74. The predicted octanol–water partition coefficient (Wildman–Crippen LogP) is 9.51. The van der Waals surface area contributed by atoms with Gasteiger partial charge in [0.25, 0.3) is 0 Å². The number of rotatable bonds is 4. The van der Waals surface area contributed by atoms with Gasteiger partial charge in [-0.3, -0.25) is 0 Å². The molecule has 0 atom stereocenters. The predicted molar refractivity (Wildman–Crippen MR) is 157 cm³/mol. The Hall–Kier alpha value is -4.60. The van der Waals surface area contributed by atoms with E-state index >= 15 is 0 Å². The Morgan fingerprint density at radius 3 is 1.78 bits per heavy atom. The van der Waals surface area contributed by atoms with Crippen LogP contribution in [0.3, 0.4) is 0 Å². The van der Waals surface area contributed by atoms with Gasteiger partial charge < -0.3 is 0 Å². The zero-order valence-electron chi connectivity index (χ0n) is 20.0. The van der Waals surface area contributed by atoms with Crippen LogP contribution in [0.5, 0.6) is 0 Å². The highest BCUT2D eigenvalue weighted by atomic mass is 32.1. The fraction of sp³-hybridized carbons (Fsp3) is 0. The van der Waals surface area contributed by atoms with Crippen molar-refractivity contribution >= 4 is 31.5 Å². The molecule has 0 bridgehead atoms. The van der Waals surface area contributed by atoms with Crippen LogP contribution in [0.1, 0.15) is 0 Å². The van der Waals surface area contributed by atoms with Gasteiger partial charge in [-0.25, -0.2) is 9.97 Å². The molecule has 7 rings (SSSR count). The Kier molecular flexibility index (Phi) is 5.34. The number of hydrogen-bond acceptors (Lipinski definition) is 3. The van der Waals surface area contributed by atoms with E-state index in [0.717, 1.165) is 33.8 Å². The minimum Gasteiger partial charge on any atom is -0.237 e. The van der Waals surface area contributed by atoms with Crippen molar-refractivity contribution in [1.82, 2.24) is 9.97 Å². The van der Waals surface area contributed by atoms with Gasteiger partial charge in [0.2, 0.25) is 0 Å². The Morgan fingerprint density at radius 1 is 0.432 bits per heavy atom. The number of aromatic nitrogens is 2. The van der Waals surface area contributed by atoms with Crippen molar-refractivity contribution in [3.05, 3.63) is 134 Å². The maximum Gasteiger partial charge on any atom is 0.159 e. The molecule has 3 heteroatoms. The lowest BCUT2D eigenvalue weighted by molar-refractivity contribution is 1.18. The van der Waals surface area contributed by atoms with Crippen molar-refractivity contribution in [3.63, 3.8) is 0 Å². The molecule has 5 aromatic carbocycles. The third-order valence-electron chi connectivity index (χ3n) is 6.73. The average molecular weight is 491 g/mol. The van der Waals surface area contributed by atoms with Crippen molar-refractivity contribution in [2.45, 2.75) is 0 Å². The van der Waals surface area contributed by atoms with E-state index in [2.05, 4.69) is 109 Å². The van der Waals surface area contributed by atoms with Gasteiger partial charge >= 0.3 is 0 Å². The molecule has 0 amide bonds. The first-order valence-corrected chi connectivity index (χ1v) is 13.1. The lowest BCUT2D eigenvalue weighted by Crippen LogP contribution is -1.93. The third kappa shape index (κ3) is 4.10. The summed E-state index contributed by atoms with van der Waals surface area (Å²) in [6.07, 6.45) is 1.87. The highest BCUT2D eigenvalue weighted by Crippen LogP contribution is 2.37. The van der Waals surface area contributed by atoms with Crippen molar-refractivity contribution in [3.8, 4) is 44.9 Å². The molecule has 0 N–H and O–H groups in total. The van der Waals surface area contributed by atoms with Crippen LogP contribution < -0.4 is 0 Å². The Bertz CT molecular complexity index is 1810. The van der Waals surface area contributed by atoms with E-state index in [0.29, 0.717) is 0 Å². The van der Waals surface area contributed by atoms with Crippen LogP contribution in [0.4, 0.5) is 0 Å². The van der Waals surface area contributed by atoms with Crippen LogP contribution in [0.15, 0.2) is 134 Å². The number of thiophene rings is 1. The van der Waals surface area contributed by atoms with Crippen molar-refractivity contribution in [2.75, 3.05) is 0 Å². The summed E-state index contributed by atoms with van der Waals surface area (Å²) in [5.74, 6) is 0.725. The molecule has 0 spiro atoms. The van der Waals surface area contributed by atoms with E-state index < -0.39 is 0 Å². The monoisotopic (exact) mass is 490 g/mol. The molecule has 0 radical (unpaired) electrons. The largest absolute Gasteiger partial charge is 0.237 e. The summed E-state index contributed by atoms with van der Waals surface area (Å²) in [6.45, 7) is 0. The first-order valence-electron chi connectivity index (χ1n) is 12.3. The minimum absolute atomic E-state index is 0.725. The molecule has 37 heavy (non-hydrogen) atoms. The van der Waals surface area contributed by atoms with E-state index in [-0.39, 0.29) is 0 Å². The molecule has 2 heterocycles. The summed E-state index contributed by atoms with van der Waals surface area (Å²) in [5, 5.41) is 2.57. The van der Waals surface area contributed by atoms with Gasteiger partial charge in [-0.1, -0.05) is 84.9 Å². The SMILES string of the molecule is c1ccc(-c2cc(-c3ccccc3)cc(-c3nccc(-c4ccc5sc6ccccc6c5c4)n3)c2)cc1. The molecule has 0 unspecified atom stereocenters. The standard InChI is InChI=1S/C34H22N2S/c1-3-9-23(10-4-1)26-19-27(24-11-5-2-6-12-24)21-28(20-26)34-35-18-17-31(36-34)25-15-16-33-30(22-25)29-13-7-8-14-32(29)37-33/h1-22H. The molecule has 0 aliphatic carbocycles. The molecule has 0 saturated heterocycles. The fourth-order valence-corrected chi connectivity index (χ4v) is 5.98. The molecule has 174 valence electrons. The number of fused-ring (bicyclic) bond motifs is 3. The summed E-state index contributed by atoms with van der Waals surface area (Å²) < 4.78 is 2.60. The van der Waals surface area contributed by atoms with Gasteiger partial charge in [0.15, 0.2) is 5.82 Å². The van der Waals surface area contributed by atoms with Crippen LogP contribution in [0.25, 0.3) is 65.1 Å². The van der Waals surface area contributed by atoms with Crippen LogP contribution in [-0.2, 0) is 0 Å². The summed E-state index contributed by atoms with van der Waals surface area (Å²) in [6, 6.07) is 44.8. The molecule has 0 aliphatic rings. The van der Waals surface area contributed by atoms with Gasteiger partial charge in [0.05, 0.1) is 5.69 Å². The van der Waals surface area contributed by atoms with E-state index in [1.807, 2.05) is 35.7 Å². The van der Waals surface area contributed by atoms with E-state index in [1.165, 1.54) is 31.3 Å². The average Bonchev–Trinajstić information content (AvgIpc) is 3.36. The second kappa shape index (κ2) is 9.12. The molecule has 2 nitrogen and oxygen atoms in total. The molecule has 0 saturated carbocycles. The van der Waals surface area contributed by atoms with Crippen LogP contribution >= 0.6 is 11.3 Å². The van der Waals surface area contributed by atoms with Gasteiger partial charge in [-0.2, -0.15) is 0 Å². The normalized spacial score (nSPS) is 11.2. The van der Waals surface area contributed by atoms with E-state index in [4.69, 9.17) is 9.97 Å². The fourth-order valence-electron chi connectivity index (χ4n) is 4.90. The minimum atomic E-state index is 0.725. The zero-order chi connectivity index (χ0) is 24.6. The van der Waals surface area contributed by atoms with E-state index in [1.54, 1.807) is 0 Å². The van der Waals surface area contributed by atoms with Crippen molar-refractivity contribution in [2.24, 2.45) is 0 Å². The van der Waals surface area contributed by atoms with Crippen LogP contribution in [-0.4, -0.2) is 9.97 Å². The van der Waals surface area contributed by atoms with Gasteiger partial charge in [-0.15, -0.1) is 11.3 Å². The number of benzene rings is 5. The maximum absolute atomic E-state index is 5.05. The highest BCUT2D eigenvalue weighted by Gasteiger charge is 2.12. The molecule has 0 aliphatic heterocycles. The Morgan fingerprint density at radius 2 is 1.05 bits per heavy atom. The number of nitrogens with zero attached hydrogens (tertiary/aromatic N) is 2. The van der Waals surface area contributed by atoms with Crippen molar-refractivity contribution < 1.29 is 0 Å². The van der Waals surface area contributed by atoms with Crippen molar-refractivity contribution in [1.29, 1.82) is 0 Å². The topological polar surface area (TPSA) is 25.8 Å². The molecule has 7 aromatic rings. The lowest BCUT2D eigenvalue weighted by Gasteiger charge is -2.11. The Balaban J connectivity index is 1.36. The van der Waals surface area contributed by atoms with Crippen LogP contribution in [0.2, 0.25) is 0 Å². The zero-order valence-corrected chi connectivity index (χ0v) is 20.8. The first-order chi connectivity index (χ1) is 18.3. The molecular weight excluding hydrogens is 468 g/mol. The Labute approximate surface area is 219 Å². The maximum atomic E-state index is 5.05. The van der Waals surface area contributed by atoms with Gasteiger partial charge in [0.1, 0.15) is 0 Å². The quantitative estimate of drug-likeness (QED) is 0.245. The number of hydrogen-bond donors (Lipinski definition) is 0. The first kappa shape index (κ1) is 21.7. The summed E-state index contributed by atoms with van der Waals surface area (Å²) >= 11 is 1.83. The van der Waals surface area contributed by atoms with E-state index in [9.17, 15) is 0 Å². The summed E-state index contributed by atoms with van der Waals surface area (Å²) in [7, 11) is 0. The smallest absolute Gasteiger partial charge is 0.159 e. The van der Waals surface area contributed by atoms with Gasteiger partial charge in [-0.05, 0) is 64.7 Å². The van der Waals surface area contributed by atoms with Gasteiger partial charge in [0, 0.05) is 37.5 Å². The lowest BCUT2D eigenvalue weighted by atomic mass is 9.96. The van der Waals surface area contributed by atoms with Crippen LogP contribution in [0, 0.1) is 0 Å². The second-order valence-electron chi connectivity index (χ2n) is 9.11. The molecule has 0 fully saturated rings. The summed E-state index contributed by atoms with van der Waals surface area (Å²) in [5.41, 5.74) is 7.68. The molecular formula is C34H22N2S. The molecule has 2 aromatic heterocycles. The second-order valence-corrected chi connectivity index (χ2v) is 10.2. The highest BCUT2D eigenvalue weighted by molar-refractivity contribution is 7.25. The third-order valence-corrected chi connectivity index (χ3v) is 7.89.